The Morgan fingerprint density at radius 2 is 2.06 bits per heavy atom. The molecule has 1 amide bonds. The number of furan rings is 1. The fourth-order valence-electron chi connectivity index (χ4n) is 1.72. The Hall–Kier alpha value is -1.75. The quantitative estimate of drug-likeness (QED) is 0.834. The van der Waals surface area contributed by atoms with E-state index in [1.807, 2.05) is 19.9 Å². The predicted molar refractivity (Wildman–Crippen MR) is 74.7 cm³/mol. The van der Waals surface area contributed by atoms with Crippen LogP contribution in [-0.4, -0.2) is 5.91 Å². The van der Waals surface area contributed by atoms with Crippen molar-refractivity contribution in [2.45, 2.75) is 13.8 Å². The minimum Gasteiger partial charge on any atom is -0.459 e. The van der Waals surface area contributed by atoms with E-state index in [0.29, 0.717) is 17.1 Å². The van der Waals surface area contributed by atoms with Gasteiger partial charge in [-0.2, -0.15) is 0 Å². The third kappa shape index (κ3) is 2.41. The molecule has 0 aliphatic rings. The number of hydrogen-bond acceptors (Lipinski definition) is 3. The molecule has 0 saturated carbocycles. The van der Waals surface area contributed by atoms with Gasteiger partial charge in [0, 0.05) is 10.0 Å². The molecule has 2 rings (SSSR count). The van der Waals surface area contributed by atoms with Crippen molar-refractivity contribution >= 4 is 33.2 Å². The summed E-state index contributed by atoms with van der Waals surface area (Å²) < 4.78 is 6.02. The first-order chi connectivity index (χ1) is 8.49. The van der Waals surface area contributed by atoms with Crippen molar-refractivity contribution in [2.75, 3.05) is 11.1 Å². The molecule has 1 heterocycles. The summed E-state index contributed by atoms with van der Waals surface area (Å²) in [5, 5.41) is 2.77. The molecule has 1 aromatic heterocycles. The van der Waals surface area contributed by atoms with Gasteiger partial charge in [0.05, 0.1) is 17.6 Å². The lowest BCUT2D eigenvalue weighted by Crippen LogP contribution is -2.14. The molecule has 0 unspecified atom stereocenters. The van der Waals surface area contributed by atoms with Crippen LogP contribution in [0.3, 0.4) is 0 Å². The lowest BCUT2D eigenvalue weighted by Gasteiger charge is -2.11. The van der Waals surface area contributed by atoms with Gasteiger partial charge in [-0.05, 0) is 37.6 Å². The van der Waals surface area contributed by atoms with Gasteiger partial charge >= 0.3 is 0 Å². The summed E-state index contributed by atoms with van der Waals surface area (Å²) in [6.07, 6.45) is 1.49. The Bertz CT molecular complexity index is 582. The normalized spacial score (nSPS) is 10.4. The number of amides is 1. The molecule has 3 N–H and O–H groups in total. The number of halogens is 1. The van der Waals surface area contributed by atoms with Crippen LogP contribution in [0.4, 0.5) is 11.4 Å². The topological polar surface area (TPSA) is 68.3 Å². The highest BCUT2D eigenvalue weighted by molar-refractivity contribution is 9.10. The maximum atomic E-state index is 12.0. The molecule has 0 bridgehead atoms. The number of carbonyl (C=O) groups is 1. The van der Waals surface area contributed by atoms with Gasteiger partial charge in [0.15, 0.2) is 5.76 Å². The lowest BCUT2D eigenvalue weighted by molar-refractivity contribution is 0.0996. The number of aryl methyl sites for hydroxylation is 2. The van der Waals surface area contributed by atoms with Crippen molar-refractivity contribution in [3.63, 3.8) is 0 Å². The molecule has 5 heteroatoms. The second kappa shape index (κ2) is 4.86. The second-order valence-corrected chi connectivity index (χ2v) is 4.99. The molecule has 0 aliphatic heterocycles. The lowest BCUT2D eigenvalue weighted by atomic mass is 10.1. The summed E-state index contributed by atoms with van der Waals surface area (Å²) in [4.78, 5) is 12.0. The Labute approximate surface area is 113 Å². The minimum absolute atomic E-state index is 0.297. The molecule has 4 nitrogen and oxygen atoms in total. The molecule has 0 spiro atoms. The maximum Gasteiger partial charge on any atom is 0.291 e. The highest BCUT2D eigenvalue weighted by Crippen LogP contribution is 2.28. The average Bonchev–Trinajstić information content (AvgIpc) is 2.69. The van der Waals surface area contributed by atoms with Crippen LogP contribution >= 0.6 is 15.9 Å². The summed E-state index contributed by atoms with van der Waals surface area (Å²) in [6, 6.07) is 5.38. The summed E-state index contributed by atoms with van der Waals surface area (Å²) in [7, 11) is 0. The van der Waals surface area contributed by atoms with E-state index >= 15 is 0 Å². The van der Waals surface area contributed by atoms with Gasteiger partial charge in [-0.1, -0.05) is 15.9 Å². The van der Waals surface area contributed by atoms with Crippen LogP contribution < -0.4 is 11.1 Å². The number of benzene rings is 1. The summed E-state index contributed by atoms with van der Waals surface area (Å²) in [6.45, 7) is 3.70. The van der Waals surface area contributed by atoms with Crippen molar-refractivity contribution < 1.29 is 9.21 Å². The molecule has 0 radical (unpaired) electrons. The van der Waals surface area contributed by atoms with Crippen LogP contribution in [0.15, 0.2) is 33.4 Å². The molecule has 18 heavy (non-hydrogen) atoms. The molecule has 0 fully saturated rings. The first kappa shape index (κ1) is 12.7. The van der Waals surface area contributed by atoms with E-state index in [9.17, 15) is 4.79 Å². The number of nitrogens with one attached hydrogen (secondary N) is 1. The molecular weight excluding hydrogens is 296 g/mol. The second-order valence-electron chi connectivity index (χ2n) is 4.07. The Morgan fingerprint density at radius 3 is 2.61 bits per heavy atom. The first-order valence-corrected chi connectivity index (χ1v) is 6.19. The first-order valence-electron chi connectivity index (χ1n) is 5.40. The van der Waals surface area contributed by atoms with E-state index in [2.05, 4.69) is 21.2 Å². The minimum atomic E-state index is -0.297. The standard InChI is InChI=1S/C13H13BrN2O2/c1-7-3-4-18-12(7)13(17)16-11-8(2)5-9(14)6-10(11)15/h3-6H,15H2,1-2H3,(H,16,17). The van der Waals surface area contributed by atoms with E-state index in [-0.39, 0.29) is 5.91 Å². The number of anilines is 2. The van der Waals surface area contributed by atoms with Gasteiger partial charge in [0.2, 0.25) is 0 Å². The van der Waals surface area contributed by atoms with Crippen LogP contribution in [-0.2, 0) is 0 Å². The van der Waals surface area contributed by atoms with Crippen LogP contribution in [0, 0.1) is 13.8 Å². The third-order valence-corrected chi connectivity index (χ3v) is 3.10. The number of hydrogen-bond donors (Lipinski definition) is 2. The zero-order chi connectivity index (χ0) is 13.3. The SMILES string of the molecule is Cc1ccoc1C(=O)Nc1c(C)cc(Br)cc1N. The monoisotopic (exact) mass is 308 g/mol. The smallest absolute Gasteiger partial charge is 0.291 e. The maximum absolute atomic E-state index is 12.0. The van der Waals surface area contributed by atoms with E-state index in [4.69, 9.17) is 10.2 Å². The highest BCUT2D eigenvalue weighted by atomic mass is 79.9. The van der Waals surface area contributed by atoms with Crippen LogP contribution in [0.1, 0.15) is 21.7 Å². The van der Waals surface area contributed by atoms with E-state index in [0.717, 1.165) is 15.6 Å². The van der Waals surface area contributed by atoms with E-state index in [1.54, 1.807) is 12.1 Å². The van der Waals surface area contributed by atoms with Crippen LogP contribution in [0.2, 0.25) is 0 Å². The number of nitrogen functional groups attached to an aromatic ring is 1. The molecule has 0 saturated heterocycles. The fraction of sp³-hybridized carbons (Fsp3) is 0.154. The number of carbonyl (C=O) groups excluding carboxylic acids is 1. The van der Waals surface area contributed by atoms with Gasteiger partial charge in [-0.25, -0.2) is 0 Å². The largest absolute Gasteiger partial charge is 0.459 e. The number of nitrogens with two attached hydrogens (primary N) is 1. The van der Waals surface area contributed by atoms with Crippen molar-refractivity contribution in [1.29, 1.82) is 0 Å². The van der Waals surface area contributed by atoms with Crippen molar-refractivity contribution in [3.8, 4) is 0 Å². The Morgan fingerprint density at radius 1 is 1.33 bits per heavy atom. The molecule has 1 aromatic carbocycles. The van der Waals surface area contributed by atoms with Gasteiger partial charge in [0.1, 0.15) is 0 Å². The third-order valence-electron chi connectivity index (χ3n) is 2.64. The summed E-state index contributed by atoms with van der Waals surface area (Å²) >= 11 is 3.35. The number of rotatable bonds is 2. The molecule has 94 valence electrons. The summed E-state index contributed by atoms with van der Waals surface area (Å²) in [5.74, 6) is 0.00587. The fourth-order valence-corrected chi connectivity index (χ4v) is 2.31. The van der Waals surface area contributed by atoms with E-state index < -0.39 is 0 Å². The van der Waals surface area contributed by atoms with Crippen LogP contribution in [0.5, 0.6) is 0 Å². The van der Waals surface area contributed by atoms with Crippen molar-refractivity contribution in [3.05, 3.63) is 45.8 Å². The van der Waals surface area contributed by atoms with Gasteiger partial charge in [-0.15, -0.1) is 0 Å². The zero-order valence-electron chi connectivity index (χ0n) is 10.1. The van der Waals surface area contributed by atoms with Gasteiger partial charge in [0.25, 0.3) is 5.91 Å². The van der Waals surface area contributed by atoms with Gasteiger partial charge < -0.3 is 15.5 Å². The molecule has 2 aromatic rings. The summed E-state index contributed by atoms with van der Waals surface area (Å²) in [5.41, 5.74) is 8.69. The van der Waals surface area contributed by atoms with Crippen molar-refractivity contribution in [1.82, 2.24) is 0 Å². The van der Waals surface area contributed by atoms with E-state index in [1.165, 1.54) is 6.26 Å². The van der Waals surface area contributed by atoms with Crippen LogP contribution in [0.25, 0.3) is 0 Å². The van der Waals surface area contributed by atoms with Crippen molar-refractivity contribution in [2.24, 2.45) is 0 Å². The molecule has 0 aliphatic carbocycles. The zero-order valence-corrected chi connectivity index (χ0v) is 11.7. The highest BCUT2D eigenvalue weighted by Gasteiger charge is 2.15. The van der Waals surface area contributed by atoms with Gasteiger partial charge in [-0.3, -0.25) is 4.79 Å². The average molecular weight is 309 g/mol. The predicted octanol–water partition coefficient (Wildman–Crippen LogP) is 3.49. The Balaban J connectivity index is 2.31. The molecule has 0 atom stereocenters. The molecular formula is C13H13BrN2O2. The Kier molecular flexibility index (Phi) is 3.43.